The first-order chi connectivity index (χ1) is 7.56. The van der Waals surface area contributed by atoms with Crippen LogP contribution in [0.1, 0.15) is 26.2 Å². The van der Waals surface area contributed by atoms with Crippen LogP contribution in [-0.2, 0) is 0 Å². The van der Waals surface area contributed by atoms with Crippen LogP contribution < -0.4 is 5.32 Å². The van der Waals surface area contributed by atoms with E-state index in [9.17, 15) is 13.2 Å². The van der Waals surface area contributed by atoms with Gasteiger partial charge in [-0.1, -0.05) is 6.92 Å². The molecule has 1 saturated carbocycles. The Morgan fingerprint density at radius 1 is 1.19 bits per heavy atom. The SMILES string of the molecule is CC1CCC(Nc2cc(F)cc(F)c2F)C1. The van der Waals surface area contributed by atoms with Crippen LogP contribution in [0, 0.1) is 23.4 Å². The van der Waals surface area contributed by atoms with Gasteiger partial charge in [0.2, 0.25) is 0 Å². The van der Waals surface area contributed by atoms with Crippen LogP contribution in [0.5, 0.6) is 0 Å². The van der Waals surface area contributed by atoms with Gasteiger partial charge in [0.15, 0.2) is 11.6 Å². The molecule has 2 atom stereocenters. The third-order valence-electron chi connectivity index (χ3n) is 3.05. The van der Waals surface area contributed by atoms with Gasteiger partial charge >= 0.3 is 0 Å². The number of hydrogen-bond acceptors (Lipinski definition) is 1. The van der Waals surface area contributed by atoms with Crippen molar-refractivity contribution in [3.05, 3.63) is 29.6 Å². The maximum atomic E-state index is 13.3. The molecule has 0 radical (unpaired) electrons. The lowest BCUT2D eigenvalue weighted by molar-refractivity contribution is 0.495. The fourth-order valence-electron chi connectivity index (χ4n) is 2.22. The highest BCUT2D eigenvalue weighted by Gasteiger charge is 2.22. The highest BCUT2D eigenvalue weighted by molar-refractivity contribution is 5.46. The van der Waals surface area contributed by atoms with Crippen molar-refractivity contribution in [2.24, 2.45) is 5.92 Å². The van der Waals surface area contributed by atoms with Gasteiger partial charge in [-0.25, -0.2) is 13.2 Å². The maximum absolute atomic E-state index is 13.3. The molecular weight excluding hydrogens is 215 g/mol. The zero-order valence-corrected chi connectivity index (χ0v) is 9.06. The molecule has 1 aromatic carbocycles. The number of hydrogen-bond donors (Lipinski definition) is 1. The lowest BCUT2D eigenvalue weighted by Gasteiger charge is -2.14. The Balaban J connectivity index is 2.15. The molecule has 2 rings (SSSR count). The Bertz CT molecular complexity index is 392. The van der Waals surface area contributed by atoms with Crippen LogP contribution in [0.4, 0.5) is 18.9 Å². The molecule has 1 nitrogen and oxygen atoms in total. The molecule has 2 unspecified atom stereocenters. The fraction of sp³-hybridized carbons (Fsp3) is 0.500. The molecule has 1 aliphatic carbocycles. The van der Waals surface area contributed by atoms with Gasteiger partial charge in [0.1, 0.15) is 5.82 Å². The van der Waals surface area contributed by atoms with E-state index in [2.05, 4.69) is 12.2 Å². The van der Waals surface area contributed by atoms with Crippen molar-refractivity contribution in [3.63, 3.8) is 0 Å². The van der Waals surface area contributed by atoms with Crippen molar-refractivity contribution in [2.45, 2.75) is 32.2 Å². The van der Waals surface area contributed by atoms with Gasteiger partial charge in [0, 0.05) is 18.2 Å². The third kappa shape index (κ3) is 2.31. The molecule has 0 spiro atoms. The second kappa shape index (κ2) is 4.36. The van der Waals surface area contributed by atoms with E-state index in [0.717, 1.165) is 25.3 Å². The fourth-order valence-corrected chi connectivity index (χ4v) is 2.22. The highest BCUT2D eigenvalue weighted by Crippen LogP contribution is 2.29. The van der Waals surface area contributed by atoms with Crippen molar-refractivity contribution in [3.8, 4) is 0 Å². The Labute approximate surface area is 92.7 Å². The summed E-state index contributed by atoms with van der Waals surface area (Å²) in [6.45, 7) is 2.12. The zero-order valence-electron chi connectivity index (χ0n) is 9.06. The number of rotatable bonds is 2. The van der Waals surface area contributed by atoms with E-state index in [4.69, 9.17) is 0 Å². The molecule has 1 aliphatic rings. The summed E-state index contributed by atoms with van der Waals surface area (Å²) in [5.41, 5.74) is -0.0726. The monoisotopic (exact) mass is 229 g/mol. The Morgan fingerprint density at radius 2 is 1.94 bits per heavy atom. The van der Waals surface area contributed by atoms with Gasteiger partial charge in [-0.2, -0.15) is 0 Å². The van der Waals surface area contributed by atoms with E-state index >= 15 is 0 Å². The first-order valence-electron chi connectivity index (χ1n) is 5.47. The van der Waals surface area contributed by atoms with Crippen molar-refractivity contribution in [1.29, 1.82) is 0 Å². The Hall–Kier alpha value is -1.19. The smallest absolute Gasteiger partial charge is 0.182 e. The summed E-state index contributed by atoms with van der Waals surface area (Å²) in [5, 5.41) is 2.87. The third-order valence-corrected chi connectivity index (χ3v) is 3.05. The molecule has 4 heteroatoms. The van der Waals surface area contributed by atoms with Crippen LogP contribution in [0.2, 0.25) is 0 Å². The minimum Gasteiger partial charge on any atom is -0.380 e. The number of anilines is 1. The molecule has 0 aromatic heterocycles. The maximum Gasteiger partial charge on any atom is 0.182 e. The number of benzene rings is 1. The van der Waals surface area contributed by atoms with E-state index < -0.39 is 17.5 Å². The highest BCUT2D eigenvalue weighted by atomic mass is 19.2. The molecule has 1 fully saturated rings. The van der Waals surface area contributed by atoms with Crippen LogP contribution >= 0.6 is 0 Å². The minimum atomic E-state index is -1.14. The first-order valence-corrected chi connectivity index (χ1v) is 5.47. The van der Waals surface area contributed by atoms with Crippen molar-refractivity contribution in [1.82, 2.24) is 0 Å². The van der Waals surface area contributed by atoms with Crippen LogP contribution in [-0.4, -0.2) is 6.04 Å². The van der Waals surface area contributed by atoms with Gasteiger partial charge in [0.05, 0.1) is 5.69 Å². The van der Waals surface area contributed by atoms with Gasteiger partial charge in [0.25, 0.3) is 0 Å². The van der Waals surface area contributed by atoms with Crippen LogP contribution in [0.25, 0.3) is 0 Å². The molecule has 16 heavy (non-hydrogen) atoms. The average Bonchev–Trinajstić information content (AvgIpc) is 2.60. The predicted octanol–water partition coefficient (Wildman–Crippen LogP) is 3.70. The summed E-state index contributed by atoms with van der Waals surface area (Å²) >= 11 is 0. The minimum absolute atomic E-state index is 0.0726. The summed E-state index contributed by atoms with van der Waals surface area (Å²) in [4.78, 5) is 0. The molecule has 1 aromatic rings. The Morgan fingerprint density at radius 3 is 2.56 bits per heavy atom. The Kier molecular flexibility index (Phi) is 3.08. The average molecular weight is 229 g/mol. The van der Waals surface area contributed by atoms with Crippen molar-refractivity contribution < 1.29 is 13.2 Å². The van der Waals surface area contributed by atoms with Crippen molar-refractivity contribution in [2.75, 3.05) is 5.32 Å². The molecule has 0 saturated heterocycles. The second-order valence-corrected chi connectivity index (χ2v) is 4.51. The number of halogens is 3. The van der Waals surface area contributed by atoms with E-state index in [1.807, 2.05) is 0 Å². The molecule has 0 heterocycles. The van der Waals surface area contributed by atoms with Crippen molar-refractivity contribution >= 4 is 5.69 Å². The van der Waals surface area contributed by atoms with Crippen LogP contribution in [0.3, 0.4) is 0 Å². The molecule has 0 bridgehead atoms. The van der Waals surface area contributed by atoms with Gasteiger partial charge in [-0.05, 0) is 25.2 Å². The lowest BCUT2D eigenvalue weighted by atomic mass is 10.1. The summed E-state index contributed by atoms with van der Waals surface area (Å²) in [5.74, 6) is -2.32. The molecule has 0 amide bonds. The number of nitrogens with one attached hydrogen (secondary N) is 1. The van der Waals surface area contributed by atoms with E-state index in [1.165, 1.54) is 0 Å². The van der Waals surface area contributed by atoms with Gasteiger partial charge in [-0.15, -0.1) is 0 Å². The predicted molar refractivity (Wildman–Crippen MR) is 56.7 cm³/mol. The zero-order chi connectivity index (χ0) is 11.7. The van der Waals surface area contributed by atoms with Gasteiger partial charge in [-0.3, -0.25) is 0 Å². The van der Waals surface area contributed by atoms with Gasteiger partial charge < -0.3 is 5.32 Å². The van der Waals surface area contributed by atoms with Crippen LogP contribution in [0.15, 0.2) is 12.1 Å². The summed E-state index contributed by atoms with van der Waals surface area (Å²) in [6.07, 6.45) is 2.90. The molecular formula is C12H14F3N. The lowest BCUT2D eigenvalue weighted by Crippen LogP contribution is -2.16. The standard InChI is InChI=1S/C12H14F3N/c1-7-2-3-9(4-7)16-11-6-8(13)5-10(14)12(11)15/h5-7,9,16H,2-4H2,1H3. The van der Waals surface area contributed by atoms with E-state index in [0.29, 0.717) is 12.0 Å². The largest absolute Gasteiger partial charge is 0.380 e. The summed E-state index contributed by atoms with van der Waals surface area (Å²) in [7, 11) is 0. The first kappa shape index (κ1) is 11.3. The summed E-state index contributed by atoms with van der Waals surface area (Å²) < 4.78 is 39.2. The molecule has 1 N–H and O–H groups in total. The topological polar surface area (TPSA) is 12.0 Å². The summed E-state index contributed by atoms with van der Waals surface area (Å²) in [6, 6.07) is 1.67. The van der Waals surface area contributed by atoms with E-state index in [1.54, 1.807) is 0 Å². The quantitative estimate of drug-likeness (QED) is 0.762. The molecule has 0 aliphatic heterocycles. The van der Waals surface area contributed by atoms with E-state index in [-0.39, 0.29) is 11.7 Å². The normalized spacial score (nSPS) is 24.8. The second-order valence-electron chi connectivity index (χ2n) is 4.51. The molecule has 88 valence electrons.